The van der Waals surface area contributed by atoms with Crippen molar-refractivity contribution < 1.29 is 23.1 Å². The molecule has 0 radical (unpaired) electrons. The molecule has 1 aromatic rings. The second-order valence-electron chi connectivity index (χ2n) is 8.44. The van der Waals surface area contributed by atoms with Gasteiger partial charge < -0.3 is 10.4 Å². The topological polar surface area (TPSA) is 104 Å². The number of amides is 1. The number of hydrogen-bond acceptors (Lipinski definition) is 4. The van der Waals surface area contributed by atoms with E-state index in [2.05, 4.69) is 12.2 Å². The Balaban J connectivity index is 1.45. The lowest BCUT2D eigenvalue weighted by atomic mass is 9.82. The third-order valence-electron chi connectivity index (χ3n) is 6.55. The largest absolute Gasteiger partial charge is 0.481 e. The van der Waals surface area contributed by atoms with Crippen LogP contribution < -0.4 is 5.32 Å². The molecule has 4 atom stereocenters. The molecule has 2 N–H and O–H groups in total. The van der Waals surface area contributed by atoms with Crippen LogP contribution in [0.4, 0.5) is 5.69 Å². The van der Waals surface area contributed by atoms with Crippen molar-refractivity contribution in [1.29, 1.82) is 0 Å². The van der Waals surface area contributed by atoms with Crippen molar-refractivity contribution in [3.05, 3.63) is 36.4 Å². The third-order valence-corrected chi connectivity index (χ3v) is 8.46. The van der Waals surface area contributed by atoms with E-state index in [4.69, 9.17) is 0 Å². The van der Waals surface area contributed by atoms with Crippen LogP contribution in [0.2, 0.25) is 0 Å². The normalized spacial score (nSPS) is 29.8. The van der Waals surface area contributed by atoms with Crippen molar-refractivity contribution in [3.63, 3.8) is 0 Å². The Bertz CT molecular complexity index is 932. The van der Waals surface area contributed by atoms with Crippen molar-refractivity contribution in [2.75, 3.05) is 18.4 Å². The molecule has 8 heteroatoms. The number of anilines is 1. The summed E-state index contributed by atoms with van der Waals surface area (Å²) in [6.45, 7) is 3.18. The van der Waals surface area contributed by atoms with E-state index in [1.54, 1.807) is 12.1 Å². The molecule has 2 aliphatic carbocycles. The molecule has 2 fully saturated rings. The number of sulfonamides is 1. The number of carbonyl (C=O) groups excluding carboxylic acids is 1. The molecule has 1 amide bonds. The van der Waals surface area contributed by atoms with E-state index in [9.17, 15) is 23.1 Å². The highest BCUT2D eigenvalue weighted by Crippen LogP contribution is 2.48. The van der Waals surface area contributed by atoms with Gasteiger partial charge in [0.2, 0.25) is 15.9 Å². The van der Waals surface area contributed by atoms with Crippen LogP contribution in [0.5, 0.6) is 0 Å². The summed E-state index contributed by atoms with van der Waals surface area (Å²) in [6, 6.07) is 6.13. The molecular formula is C21H26N2O5S. The van der Waals surface area contributed by atoms with Gasteiger partial charge in [-0.2, -0.15) is 4.31 Å². The fourth-order valence-corrected chi connectivity index (χ4v) is 6.30. The van der Waals surface area contributed by atoms with Gasteiger partial charge in [-0.15, -0.1) is 0 Å². The summed E-state index contributed by atoms with van der Waals surface area (Å²) in [6.07, 6.45) is 6.24. The van der Waals surface area contributed by atoms with Gasteiger partial charge in [0.05, 0.1) is 16.7 Å². The number of carboxylic acids is 1. The molecular weight excluding hydrogens is 392 g/mol. The Morgan fingerprint density at radius 2 is 1.62 bits per heavy atom. The van der Waals surface area contributed by atoms with Crippen molar-refractivity contribution in [2.45, 2.75) is 31.1 Å². The molecule has 7 nitrogen and oxygen atoms in total. The lowest BCUT2D eigenvalue weighted by molar-refractivity contribution is -0.146. The summed E-state index contributed by atoms with van der Waals surface area (Å²) in [5.41, 5.74) is 0.470. The van der Waals surface area contributed by atoms with Crippen molar-refractivity contribution in [2.24, 2.45) is 29.6 Å². The second kappa shape index (κ2) is 7.57. The Labute approximate surface area is 170 Å². The highest BCUT2D eigenvalue weighted by Gasteiger charge is 2.51. The smallest absolute Gasteiger partial charge is 0.307 e. The first-order valence-corrected chi connectivity index (χ1v) is 11.5. The minimum absolute atomic E-state index is 0.0535. The van der Waals surface area contributed by atoms with Crippen LogP contribution in [0.3, 0.4) is 0 Å². The SMILES string of the molecule is CC1CCN(S(=O)(=O)c2ccc(NC(=O)[C@@H]3[C@H](C(=O)O)[C@H]4C=C[C@H]3C4)cc2)CC1. The molecule has 1 heterocycles. The number of rotatable bonds is 5. The zero-order valence-corrected chi connectivity index (χ0v) is 17.1. The maximum Gasteiger partial charge on any atom is 0.307 e. The first-order valence-electron chi connectivity index (χ1n) is 10.1. The van der Waals surface area contributed by atoms with Gasteiger partial charge in [-0.1, -0.05) is 19.1 Å². The Kier molecular flexibility index (Phi) is 5.25. The van der Waals surface area contributed by atoms with Crippen molar-refractivity contribution in [3.8, 4) is 0 Å². The van der Waals surface area contributed by atoms with Gasteiger partial charge in [0, 0.05) is 18.8 Å². The molecule has 2 bridgehead atoms. The van der Waals surface area contributed by atoms with E-state index in [1.807, 2.05) is 12.2 Å². The number of nitrogens with zero attached hydrogens (tertiary/aromatic N) is 1. The van der Waals surface area contributed by atoms with E-state index in [0.717, 1.165) is 12.8 Å². The van der Waals surface area contributed by atoms with E-state index in [1.165, 1.54) is 16.4 Å². The van der Waals surface area contributed by atoms with Gasteiger partial charge in [0.15, 0.2) is 0 Å². The summed E-state index contributed by atoms with van der Waals surface area (Å²) in [4.78, 5) is 24.5. The van der Waals surface area contributed by atoms with Crippen LogP contribution >= 0.6 is 0 Å². The molecule has 1 aliphatic heterocycles. The van der Waals surface area contributed by atoms with E-state index in [-0.39, 0.29) is 22.6 Å². The number of benzene rings is 1. The van der Waals surface area contributed by atoms with Gasteiger partial charge in [-0.05, 0) is 61.3 Å². The summed E-state index contributed by atoms with van der Waals surface area (Å²) < 4.78 is 27.1. The van der Waals surface area contributed by atoms with Crippen LogP contribution in [0.15, 0.2) is 41.3 Å². The molecule has 29 heavy (non-hydrogen) atoms. The third kappa shape index (κ3) is 3.71. The lowest BCUT2D eigenvalue weighted by Gasteiger charge is -2.29. The molecule has 1 saturated heterocycles. The van der Waals surface area contributed by atoms with Gasteiger partial charge in [-0.25, -0.2) is 8.42 Å². The Morgan fingerprint density at radius 3 is 2.21 bits per heavy atom. The quantitative estimate of drug-likeness (QED) is 0.716. The predicted molar refractivity (Wildman–Crippen MR) is 108 cm³/mol. The van der Waals surface area contributed by atoms with Crippen molar-refractivity contribution >= 4 is 27.6 Å². The summed E-state index contributed by atoms with van der Waals surface area (Å²) in [7, 11) is -3.54. The second-order valence-corrected chi connectivity index (χ2v) is 10.4. The molecule has 1 aromatic carbocycles. The number of fused-ring (bicyclic) bond motifs is 2. The van der Waals surface area contributed by atoms with Gasteiger partial charge in [0.1, 0.15) is 0 Å². The number of nitrogens with one attached hydrogen (secondary N) is 1. The molecule has 0 aromatic heterocycles. The van der Waals surface area contributed by atoms with E-state index in [0.29, 0.717) is 31.1 Å². The predicted octanol–water partition coefficient (Wildman–Crippen LogP) is 2.57. The molecule has 156 valence electrons. The molecule has 0 spiro atoms. The first kappa shape index (κ1) is 20.1. The highest BCUT2D eigenvalue weighted by molar-refractivity contribution is 7.89. The number of allylic oxidation sites excluding steroid dienone is 2. The fourth-order valence-electron chi connectivity index (χ4n) is 4.83. The number of hydrogen-bond donors (Lipinski definition) is 2. The first-order chi connectivity index (χ1) is 13.8. The zero-order chi connectivity index (χ0) is 20.8. The van der Waals surface area contributed by atoms with Crippen LogP contribution in [0, 0.1) is 29.6 Å². The number of aliphatic carboxylic acids is 1. The summed E-state index contributed by atoms with van der Waals surface area (Å²) >= 11 is 0. The maximum atomic E-state index is 12.8. The van der Waals surface area contributed by atoms with Gasteiger partial charge in [0.25, 0.3) is 0 Å². The number of carboxylic acid groups (broad SMARTS) is 1. The van der Waals surface area contributed by atoms with Crippen LogP contribution in [0.25, 0.3) is 0 Å². The highest BCUT2D eigenvalue weighted by atomic mass is 32.2. The standard InChI is InChI=1S/C21H26N2O5S/c1-13-8-10-23(11-9-13)29(27,28)17-6-4-16(5-7-17)22-20(24)18-14-2-3-15(12-14)19(18)21(25)26/h2-7,13-15,18-19H,8-12H2,1H3,(H,22,24)(H,25,26)/t14-,15-,18-,19+/m0/s1. The van der Waals surface area contributed by atoms with E-state index < -0.39 is 27.8 Å². The molecule has 3 aliphatic rings. The minimum atomic E-state index is -3.54. The Morgan fingerprint density at radius 1 is 1.03 bits per heavy atom. The minimum Gasteiger partial charge on any atom is -0.481 e. The monoisotopic (exact) mass is 418 g/mol. The number of carbonyl (C=O) groups is 2. The average Bonchev–Trinajstić information content (AvgIpc) is 3.30. The van der Waals surface area contributed by atoms with Crippen molar-refractivity contribution in [1.82, 2.24) is 4.31 Å². The summed E-state index contributed by atoms with van der Waals surface area (Å²) in [5.74, 6) is -2.17. The maximum absolute atomic E-state index is 12.8. The molecule has 1 saturated carbocycles. The van der Waals surface area contributed by atoms with Crippen LogP contribution in [0.1, 0.15) is 26.2 Å². The Hall–Kier alpha value is -2.19. The average molecular weight is 419 g/mol. The van der Waals surface area contributed by atoms with Gasteiger partial charge in [-0.3, -0.25) is 9.59 Å². The van der Waals surface area contributed by atoms with Crippen LogP contribution in [-0.4, -0.2) is 42.8 Å². The van der Waals surface area contributed by atoms with Crippen LogP contribution in [-0.2, 0) is 19.6 Å². The van der Waals surface area contributed by atoms with E-state index >= 15 is 0 Å². The fraction of sp³-hybridized carbons (Fsp3) is 0.524. The van der Waals surface area contributed by atoms with Gasteiger partial charge >= 0.3 is 5.97 Å². The zero-order valence-electron chi connectivity index (χ0n) is 16.3. The summed E-state index contributed by atoms with van der Waals surface area (Å²) in [5, 5.41) is 12.3. The molecule has 4 rings (SSSR count). The lowest BCUT2D eigenvalue weighted by Crippen LogP contribution is -2.37. The molecule has 0 unspecified atom stereocenters. The number of piperidine rings is 1.